The number of hydrogen-bond acceptors (Lipinski definition) is 3. The number of carboxylic acid groups (broad SMARTS) is 1. The van der Waals surface area contributed by atoms with Gasteiger partial charge in [0.25, 0.3) is 0 Å². The van der Waals surface area contributed by atoms with Crippen molar-refractivity contribution in [1.29, 1.82) is 0 Å². The van der Waals surface area contributed by atoms with Crippen LogP contribution < -0.4 is 5.32 Å². The number of ether oxygens (including phenoxy) is 1. The van der Waals surface area contributed by atoms with Crippen molar-refractivity contribution in [3.8, 4) is 0 Å². The third kappa shape index (κ3) is 2.83. The van der Waals surface area contributed by atoms with E-state index in [1.165, 1.54) is 0 Å². The van der Waals surface area contributed by atoms with Crippen molar-refractivity contribution in [2.45, 2.75) is 39.2 Å². The minimum atomic E-state index is -0.961. The number of aliphatic carboxylic acids is 1. The maximum atomic E-state index is 12.0. The summed E-state index contributed by atoms with van der Waals surface area (Å²) < 4.78 is 5.30. The van der Waals surface area contributed by atoms with E-state index in [2.05, 4.69) is 5.32 Å². The topological polar surface area (TPSA) is 75.6 Å². The molecule has 0 bridgehead atoms. The number of nitrogens with one attached hydrogen (secondary N) is 1. The monoisotopic (exact) mass is 255 g/mol. The highest BCUT2D eigenvalue weighted by Gasteiger charge is 2.51. The zero-order valence-corrected chi connectivity index (χ0v) is 10.9. The summed E-state index contributed by atoms with van der Waals surface area (Å²) in [5.74, 6) is -1.23. The molecule has 0 aromatic heterocycles. The molecule has 1 saturated heterocycles. The molecule has 0 spiro atoms. The second-order valence-electron chi connectivity index (χ2n) is 6.05. The molecule has 0 aromatic carbocycles. The normalized spacial score (nSPS) is 31.4. The summed E-state index contributed by atoms with van der Waals surface area (Å²) in [6.45, 7) is 5.16. The second-order valence-corrected chi connectivity index (χ2v) is 6.05. The highest BCUT2D eigenvalue weighted by atomic mass is 16.5. The molecular formula is C13H21NO4. The maximum Gasteiger partial charge on any atom is 0.326 e. The van der Waals surface area contributed by atoms with Crippen LogP contribution in [0.1, 0.15) is 33.1 Å². The first-order chi connectivity index (χ1) is 8.42. The van der Waals surface area contributed by atoms with Gasteiger partial charge in [0.15, 0.2) is 0 Å². The molecule has 1 saturated carbocycles. The molecular weight excluding hydrogens is 234 g/mol. The molecule has 2 N–H and O–H groups in total. The van der Waals surface area contributed by atoms with Gasteiger partial charge in [-0.15, -0.1) is 0 Å². The standard InChI is InChI=1S/C13H21NO4/c1-13(2)6-9(13)11(15)14-10(12(16)17)8-4-3-5-18-7-8/h8-10H,3-7H2,1-2H3,(H,14,15)(H,16,17)/t8?,9-,10?/m1/s1. The summed E-state index contributed by atoms with van der Waals surface area (Å²) in [5.41, 5.74) is 0.0240. The van der Waals surface area contributed by atoms with E-state index in [0.29, 0.717) is 13.2 Å². The average molecular weight is 255 g/mol. The van der Waals surface area contributed by atoms with Gasteiger partial charge < -0.3 is 15.2 Å². The van der Waals surface area contributed by atoms with Gasteiger partial charge in [-0.2, -0.15) is 0 Å². The van der Waals surface area contributed by atoms with E-state index >= 15 is 0 Å². The lowest BCUT2D eigenvalue weighted by atomic mass is 9.93. The van der Waals surface area contributed by atoms with Gasteiger partial charge in [0, 0.05) is 18.4 Å². The van der Waals surface area contributed by atoms with E-state index in [1.807, 2.05) is 13.8 Å². The molecule has 102 valence electrons. The number of hydrogen-bond donors (Lipinski definition) is 2. The summed E-state index contributed by atoms with van der Waals surface area (Å²) in [4.78, 5) is 23.2. The van der Waals surface area contributed by atoms with E-state index in [1.54, 1.807) is 0 Å². The molecule has 18 heavy (non-hydrogen) atoms. The first-order valence-electron chi connectivity index (χ1n) is 6.53. The smallest absolute Gasteiger partial charge is 0.326 e. The van der Waals surface area contributed by atoms with Crippen molar-refractivity contribution in [2.24, 2.45) is 17.3 Å². The molecule has 1 heterocycles. The van der Waals surface area contributed by atoms with Crippen LogP contribution >= 0.6 is 0 Å². The second kappa shape index (κ2) is 4.88. The summed E-state index contributed by atoms with van der Waals surface area (Å²) in [6, 6.07) is -0.811. The SMILES string of the molecule is CC1(C)C[C@@H]1C(=O)NC(C(=O)O)C1CCCOC1. The van der Waals surface area contributed by atoms with Gasteiger partial charge in [-0.25, -0.2) is 4.79 Å². The van der Waals surface area contributed by atoms with Gasteiger partial charge in [-0.1, -0.05) is 13.8 Å². The van der Waals surface area contributed by atoms with Crippen molar-refractivity contribution in [2.75, 3.05) is 13.2 Å². The molecule has 2 unspecified atom stereocenters. The summed E-state index contributed by atoms with van der Waals surface area (Å²) >= 11 is 0. The summed E-state index contributed by atoms with van der Waals surface area (Å²) in [6.07, 6.45) is 2.50. The maximum absolute atomic E-state index is 12.0. The Kier molecular flexibility index (Phi) is 3.61. The van der Waals surface area contributed by atoms with Crippen LogP contribution in [-0.2, 0) is 14.3 Å². The fraction of sp³-hybridized carbons (Fsp3) is 0.846. The van der Waals surface area contributed by atoms with Crippen LogP contribution in [0.15, 0.2) is 0 Å². The molecule has 2 aliphatic rings. The Labute approximate surface area is 107 Å². The molecule has 3 atom stereocenters. The number of carboxylic acids is 1. The average Bonchev–Trinajstić information content (AvgIpc) is 2.96. The van der Waals surface area contributed by atoms with E-state index < -0.39 is 12.0 Å². The third-order valence-corrected chi connectivity index (χ3v) is 4.06. The zero-order valence-electron chi connectivity index (χ0n) is 10.9. The largest absolute Gasteiger partial charge is 0.480 e. The molecule has 0 radical (unpaired) electrons. The minimum Gasteiger partial charge on any atom is -0.480 e. The van der Waals surface area contributed by atoms with E-state index in [4.69, 9.17) is 4.74 Å². The van der Waals surface area contributed by atoms with Gasteiger partial charge in [0.1, 0.15) is 6.04 Å². The predicted octanol–water partition coefficient (Wildman–Crippen LogP) is 1.03. The van der Waals surface area contributed by atoms with Crippen molar-refractivity contribution in [1.82, 2.24) is 5.32 Å². The van der Waals surface area contributed by atoms with E-state index in [0.717, 1.165) is 19.3 Å². The van der Waals surface area contributed by atoms with Crippen LogP contribution in [0.5, 0.6) is 0 Å². The highest BCUT2D eigenvalue weighted by Crippen LogP contribution is 2.51. The van der Waals surface area contributed by atoms with Crippen LogP contribution in [0, 0.1) is 17.3 Å². The molecule has 0 aromatic rings. The molecule has 5 heteroatoms. The number of carbonyl (C=O) groups excluding carboxylic acids is 1. The first kappa shape index (κ1) is 13.3. The number of carbonyl (C=O) groups is 2. The number of rotatable bonds is 4. The Morgan fingerprint density at radius 1 is 1.44 bits per heavy atom. The lowest BCUT2D eigenvalue weighted by Gasteiger charge is -2.28. The minimum absolute atomic E-state index is 0.0240. The Morgan fingerprint density at radius 3 is 2.56 bits per heavy atom. The Balaban J connectivity index is 1.94. The molecule has 1 aliphatic carbocycles. The fourth-order valence-corrected chi connectivity index (χ4v) is 2.58. The van der Waals surface area contributed by atoms with Crippen LogP contribution in [0.2, 0.25) is 0 Å². The van der Waals surface area contributed by atoms with E-state index in [9.17, 15) is 14.7 Å². The molecule has 1 amide bonds. The van der Waals surface area contributed by atoms with Crippen molar-refractivity contribution >= 4 is 11.9 Å². The van der Waals surface area contributed by atoms with Gasteiger partial charge in [-0.3, -0.25) is 4.79 Å². The Bertz CT molecular complexity index is 347. The molecule has 2 fully saturated rings. The molecule has 2 rings (SSSR count). The lowest BCUT2D eigenvalue weighted by molar-refractivity contribution is -0.145. The quantitative estimate of drug-likeness (QED) is 0.786. The van der Waals surface area contributed by atoms with Gasteiger partial charge in [-0.05, 0) is 24.7 Å². The van der Waals surface area contributed by atoms with Gasteiger partial charge in [0.05, 0.1) is 6.61 Å². The Morgan fingerprint density at radius 2 is 2.11 bits per heavy atom. The third-order valence-electron chi connectivity index (χ3n) is 4.06. The highest BCUT2D eigenvalue weighted by molar-refractivity contribution is 5.87. The zero-order chi connectivity index (χ0) is 13.3. The number of amides is 1. The Hall–Kier alpha value is -1.10. The van der Waals surface area contributed by atoms with Crippen LogP contribution in [0.4, 0.5) is 0 Å². The van der Waals surface area contributed by atoms with Crippen molar-refractivity contribution in [3.05, 3.63) is 0 Å². The summed E-state index contributed by atoms with van der Waals surface area (Å²) in [5, 5.41) is 11.9. The van der Waals surface area contributed by atoms with Crippen molar-refractivity contribution in [3.63, 3.8) is 0 Å². The van der Waals surface area contributed by atoms with Crippen molar-refractivity contribution < 1.29 is 19.4 Å². The first-order valence-corrected chi connectivity index (χ1v) is 6.53. The van der Waals surface area contributed by atoms with Crippen LogP contribution in [0.25, 0.3) is 0 Å². The molecule has 5 nitrogen and oxygen atoms in total. The van der Waals surface area contributed by atoms with Gasteiger partial charge in [0.2, 0.25) is 5.91 Å². The van der Waals surface area contributed by atoms with Crippen LogP contribution in [0.3, 0.4) is 0 Å². The molecule has 1 aliphatic heterocycles. The van der Waals surface area contributed by atoms with Crippen LogP contribution in [-0.4, -0.2) is 36.2 Å². The predicted molar refractivity (Wildman–Crippen MR) is 65.0 cm³/mol. The lowest BCUT2D eigenvalue weighted by Crippen LogP contribution is -2.49. The fourth-order valence-electron chi connectivity index (χ4n) is 2.58. The van der Waals surface area contributed by atoms with E-state index in [-0.39, 0.29) is 23.2 Å². The summed E-state index contributed by atoms with van der Waals surface area (Å²) in [7, 11) is 0. The van der Waals surface area contributed by atoms with Gasteiger partial charge >= 0.3 is 5.97 Å².